The van der Waals surface area contributed by atoms with Crippen LogP contribution in [0.3, 0.4) is 0 Å². The molecule has 0 saturated carbocycles. The first-order valence-corrected chi connectivity index (χ1v) is 5.70. The van der Waals surface area contributed by atoms with E-state index in [0.717, 1.165) is 0 Å². The Morgan fingerprint density at radius 1 is 1.05 bits per heavy atom. The molecule has 0 heterocycles. The van der Waals surface area contributed by atoms with Crippen LogP contribution in [0.4, 0.5) is 28.9 Å². The van der Waals surface area contributed by atoms with Gasteiger partial charge in [0, 0.05) is 24.7 Å². The van der Waals surface area contributed by atoms with Gasteiger partial charge in [-0.05, 0) is 5.56 Å². The van der Waals surface area contributed by atoms with E-state index in [1.54, 1.807) is 0 Å². The quantitative estimate of drug-likeness (QED) is 0.405. The van der Waals surface area contributed by atoms with Gasteiger partial charge in [-0.1, -0.05) is 12.1 Å². The predicted molar refractivity (Wildman–Crippen MR) is 66.7 cm³/mol. The zero-order valence-corrected chi connectivity index (χ0v) is 10.4. The maximum absolute atomic E-state index is 13.4. The lowest BCUT2D eigenvalue weighted by Crippen LogP contribution is -2.07. The summed E-state index contributed by atoms with van der Waals surface area (Å²) in [4.78, 5) is 9.96. The van der Waals surface area contributed by atoms with Gasteiger partial charge in [-0.15, -0.1) is 0 Å². The molecule has 2 aromatic rings. The molecule has 0 fully saturated rings. The Balaban J connectivity index is 2.25. The Bertz CT molecular complexity index is 681. The monoisotopic (exact) mass is 300 g/mol. The fourth-order valence-corrected chi connectivity index (χ4v) is 1.70. The summed E-state index contributed by atoms with van der Waals surface area (Å²) in [5.41, 5.74) is -0.840. The number of rotatable bonds is 4. The van der Waals surface area contributed by atoms with Crippen LogP contribution in [0.1, 0.15) is 5.56 Å². The third kappa shape index (κ3) is 3.10. The van der Waals surface area contributed by atoms with Gasteiger partial charge in [0.2, 0.25) is 0 Å². The summed E-state index contributed by atoms with van der Waals surface area (Å²) in [7, 11) is 0. The van der Waals surface area contributed by atoms with Crippen LogP contribution in [0, 0.1) is 33.4 Å². The van der Waals surface area contributed by atoms with Gasteiger partial charge >= 0.3 is 0 Å². The fourth-order valence-electron chi connectivity index (χ4n) is 1.70. The summed E-state index contributed by atoms with van der Waals surface area (Å²) in [5, 5.41) is 12.8. The van der Waals surface area contributed by atoms with E-state index >= 15 is 0 Å². The first-order valence-electron chi connectivity index (χ1n) is 5.70. The third-order valence-electron chi connectivity index (χ3n) is 2.70. The fraction of sp³-hybridized carbons (Fsp3) is 0.0769. The molecule has 0 unspecified atom stereocenters. The van der Waals surface area contributed by atoms with Crippen LogP contribution < -0.4 is 5.32 Å². The molecule has 0 saturated heterocycles. The average molecular weight is 300 g/mol. The Morgan fingerprint density at radius 2 is 1.67 bits per heavy atom. The molecule has 0 spiro atoms. The van der Waals surface area contributed by atoms with E-state index in [4.69, 9.17) is 0 Å². The number of nitro benzene ring substituents is 1. The number of nitro groups is 1. The molecule has 2 rings (SSSR count). The van der Waals surface area contributed by atoms with Gasteiger partial charge in [-0.3, -0.25) is 10.1 Å². The molecule has 0 atom stereocenters. The highest BCUT2D eigenvalue weighted by molar-refractivity contribution is 5.48. The molecule has 21 heavy (non-hydrogen) atoms. The smallest absolute Gasteiger partial charge is 0.269 e. The molecule has 4 nitrogen and oxygen atoms in total. The summed E-state index contributed by atoms with van der Waals surface area (Å²) in [5.74, 6) is -6.18. The molecule has 0 bridgehead atoms. The Hall–Kier alpha value is -2.64. The summed E-state index contributed by atoms with van der Waals surface area (Å²) in [6, 6.07) is 5.37. The lowest BCUT2D eigenvalue weighted by atomic mass is 10.2. The zero-order chi connectivity index (χ0) is 15.6. The molecule has 110 valence electrons. The van der Waals surface area contributed by atoms with E-state index in [-0.39, 0.29) is 18.3 Å². The molecule has 0 aromatic heterocycles. The van der Waals surface area contributed by atoms with Gasteiger partial charge < -0.3 is 5.32 Å². The highest BCUT2D eigenvalue weighted by atomic mass is 19.2. The molecule has 8 heteroatoms. The van der Waals surface area contributed by atoms with Crippen molar-refractivity contribution in [2.24, 2.45) is 0 Å². The zero-order valence-electron chi connectivity index (χ0n) is 10.4. The van der Waals surface area contributed by atoms with Crippen molar-refractivity contribution >= 4 is 11.4 Å². The van der Waals surface area contributed by atoms with Crippen molar-refractivity contribution in [3.05, 3.63) is 69.3 Å². The van der Waals surface area contributed by atoms with Crippen LogP contribution in [-0.4, -0.2) is 4.92 Å². The normalized spacial score (nSPS) is 10.5. The Kier molecular flexibility index (Phi) is 4.06. The SMILES string of the molecule is O=[N+]([O-])c1cccc(CNc2c(F)c(F)cc(F)c2F)c1. The number of hydrogen-bond acceptors (Lipinski definition) is 3. The van der Waals surface area contributed by atoms with Crippen molar-refractivity contribution < 1.29 is 22.5 Å². The number of non-ortho nitro benzene ring substituents is 1. The maximum Gasteiger partial charge on any atom is 0.269 e. The molecule has 0 aliphatic carbocycles. The Labute approximate surface area is 116 Å². The molecule has 1 N–H and O–H groups in total. The lowest BCUT2D eigenvalue weighted by molar-refractivity contribution is -0.384. The van der Waals surface area contributed by atoms with Crippen LogP contribution in [0.2, 0.25) is 0 Å². The van der Waals surface area contributed by atoms with Crippen LogP contribution in [0.15, 0.2) is 30.3 Å². The summed E-state index contributed by atoms with van der Waals surface area (Å²) in [6.45, 7) is -0.238. The van der Waals surface area contributed by atoms with Crippen molar-refractivity contribution in [2.75, 3.05) is 5.32 Å². The summed E-state index contributed by atoms with van der Waals surface area (Å²) in [6.07, 6.45) is 0. The number of nitrogens with zero attached hydrogens (tertiary/aromatic N) is 1. The van der Waals surface area contributed by atoms with Crippen LogP contribution >= 0.6 is 0 Å². The largest absolute Gasteiger partial charge is 0.376 e. The number of anilines is 1. The van der Waals surface area contributed by atoms with Crippen LogP contribution in [0.5, 0.6) is 0 Å². The van der Waals surface area contributed by atoms with Crippen molar-refractivity contribution in [1.29, 1.82) is 0 Å². The van der Waals surface area contributed by atoms with E-state index in [0.29, 0.717) is 5.56 Å². The van der Waals surface area contributed by atoms with E-state index < -0.39 is 33.9 Å². The van der Waals surface area contributed by atoms with E-state index in [2.05, 4.69) is 5.32 Å². The molecule has 0 radical (unpaired) electrons. The molecule has 2 aromatic carbocycles. The van der Waals surface area contributed by atoms with Crippen molar-refractivity contribution in [3.63, 3.8) is 0 Å². The Morgan fingerprint density at radius 3 is 2.24 bits per heavy atom. The van der Waals surface area contributed by atoms with Gasteiger partial charge in [-0.25, -0.2) is 17.6 Å². The second kappa shape index (κ2) is 5.78. The van der Waals surface area contributed by atoms with Crippen LogP contribution in [-0.2, 0) is 6.54 Å². The highest BCUT2D eigenvalue weighted by Gasteiger charge is 2.18. The van der Waals surface area contributed by atoms with Gasteiger partial charge in [0.15, 0.2) is 23.3 Å². The van der Waals surface area contributed by atoms with Crippen molar-refractivity contribution in [3.8, 4) is 0 Å². The van der Waals surface area contributed by atoms with E-state index in [1.165, 1.54) is 24.3 Å². The molecular weight excluding hydrogens is 292 g/mol. The molecular formula is C13H8F4N2O2. The highest BCUT2D eigenvalue weighted by Crippen LogP contribution is 2.25. The minimum Gasteiger partial charge on any atom is -0.376 e. The lowest BCUT2D eigenvalue weighted by Gasteiger charge is -2.10. The maximum atomic E-state index is 13.4. The van der Waals surface area contributed by atoms with Gasteiger partial charge in [0.05, 0.1) is 4.92 Å². The van der Waals surface area contributed by atoms with E-state index in [1.807, 2.05) is 0 Å². The molecule has 0 aliphatic rings. The second-order valence-electron chi connectivity index (χ2n) is 4.12. The van der Waals surface area contributed by atoms with Gasteiger partial charge in [0.1, 0.15) is 5.69 Å². The minimum atomic E-state index is -1.56. The summed E-state index contributed by atoms with van der Waals surface area (Å²) >= 11 is 0. The first-order chi connectivity index (χ1) is 9.90. The van der Waals surface area contributed by atoms with Crippen LogP contribution in [0.25, 0.3) is 0 Å². The average Bonchev–Trinajstić information content (AvgIpc) is 2.45. The van der Waals surface area contributed by atoms with Crippen molar-refractivity contribution in [1.82, 2.24) is 0 Å². The van der Waals surface area contributed by atoms with Crippen molar-refractivity contribution in [2.45, 2.75) is 6.54 Å². The molecule has 0 amide bonds. The number of nitrogens with one attached hydrogen (secondary N) is 1. The second-order valence-corrected chi connectivity index (χ2v) is 4.12. The minimum absolute atomic E-state index is 0.100. The number of halogens is 4. The first kappa shape index (κ1) is 14.8. The third-order valence-corrected chi connectivity index (χ3v) is 2.70. The van der Waals surface area contributed by atoms with E-state index in [9.17, 15) is 27.7 Å². The molecule has 0 aliphatic heterocycles. The number of hydrogen-bond donors (Lipinski definition) is 1. The van der Waals surface area contributed by atoms with Gasteiger partial charge in [-0.2, -0.15) is 0 Å². The topological polar surface area (TPSA) is 55.2 Å². The van der Waals surface area contributed by atoms with Gasteiger partial charge in [0.25, 0.3) is 5.69 Å². The standard InChI is InChI=1S/C13H8F4N2O2/c14-9-5-10(15)12(17)13(11(9)16)18-6-7-2-1-3-8(4-7)19(20)21/h1-5,18H,6H2. The summed E-state index contributed by atoms with van der Waals surface area (Å²) < 4.78 is 52.8. The predicted octanol–water partition coefficient (Wildman–Crippen LogP) is 3.76. The number of benzene rings is 2.